The largest absolute Gasteiger partial charge is 0.334 e. The van der Waals surface area contributed by atoms with Crippen molar-refractivity contribution >= 4 is 11.6 Å². The molecular weight excluding hydrogens is 210 g/mol. The fraction of sp³-hybridized carbons (Fsp3) is 0.727. The highest BCUT2D eigenvalue weighted by molar-refractivity contribution is 6.18. The lowest BCUT2D eigenvalue weighted by atomic mass is 10.2. The molecule has 0 bridgehead atoms. The van der Waals surface area contributed by atoms with E-state index >= 15 is 0 Å². The number of alkyl halides is 1. The van der Waals surface area contributed by atoms with Gasteiger partial charge in [-0.15, -0.1) is 11.6 Å². The van der Waals surface area contributed by atoms with Crippen LogP contribution in [0, 0.1) is 12.8 Å². The molecule has 1 fully saturated rings. The van der Waals surface area contributed by atoms with Crippen LogP contribution in [0.5, 0.6) is 0 Å². The summed E-state index contributed by atoms with van der Waals surface area (Å²) >= 11 is 5.86. The summed E-state index contributed by atoms with van der Waals surface area (Å²) in [7, 11) is 0. The SMILES string of the molecule is Cc1nccn1CCN1CCC(CCl)C1. The van der Waals surface area contributed by atoms with E-state index in [9.17, 15) is 0 Å². The van der Waals surface area contributed by atoms with Crippen LogP contribution in [0.1, 0.15) is 12.2 Å². The molecule has 0 saturated carbocycles. The van der Waals surface area contributed by atoms with Crippen molar-refractivity contribution in [2.24, 2.45) is 5.92 Å². The van der Waals surface area contributed by atoms with E-state index < -0.39 is 0 Å². The molecule has 2 rings (SSSR count). The molecule has 0 spiro atoms. The molecule has 1 aromatic heterocycles. The molecule has 3 nitrogen and oxygen atoms in total. The number of hydrogen-bond acceptors (Lipinski definition) is 2. The number of hydrogen-bond donors (Lipinski definition) is 0. The van der Waals surface area contributed by atoms with Gasteiger partial charge in [-0.2, -0.15) is 0 Å². The van der Waals surface area contributed by atoms with Crippen molar-refractivity contribution in [3.8, 4) is 0 Å². The minimum absolute atomic E-state index is 0.704. The number of likely N-dealkylation sites (tertiary alicyclic amines) is 1. The molecule has 0 amide bonds. The van der Waals surface area contributed by atoms with Gasteiger partial charge in [0.15, 0.2) is 0 Å². The molecule has 1 aromatic rings. The van der Waals surface area contributed by atoms with Crippen molar-refractivity contribution in [1.82, 2.24) is 14.5 Å². The molecule has 1 unspecified atom stereocenters. The van der Waals surface area contributed by atoms with Gasteiger partial charge in [0.2, 0.25) is 0 Å². The number of rotatable bonds is 4. The Morgan fingerprint density at radius 2 is 2.40 bits per heavy atom. The normalized spacial score (nSPS) is 22.4. The number of aryl methyl sites for hydroxylation is 1. The first-order valence-electron chi connectivity index (χ1n) is 5.55. The zero-order chi connectivity index (χ0) is 10.7. The Balaban J connectivity index is 1.77. The third-order valence-corrected chi connectivity index (χ3v) is 3.61. The van der Waals surface area contributed by atoms with E-state index in [0.717, 1.165) is 31.3 Å². The maximum atomic E-state index is 5.86. The van der Waals surface area contributed by atoms with Crippen molar-refractivity contribution in [2.75, 3.05) is 25.5 Å². The Bertz CT molecular complexity index is 311. The Morgan fingerprint density at radius 1 is 1.53 bits per heavy atom. The van der Waals surface area contributed by atoms with E-state index in [-0.39, 0.29) is 0 Å². The summed E-state index contributed by atoms with van der Waals surface area (Å²) in [6.45, 7) is 6.57. The second kappa shape index (κ2) is 4.99. The summed E-state index contributed by atoms with van der Waals surface area (Å²) in [5.74, 6) is 2.61. The molecule has 1 atom stereocenters. The van der Waals surface area contributed by atoms with Crippen LogP contribution >= 0.6 is 11.6 Å². The topological polar surface area (TPSA) is 21.1 Å². The zero-order valence-corrected chi connectivity index (χ0v) is 9.95. The van der Waals surface area contributed by atoms with Crippen molar-refractivity contribution in [3.05, 3.63) is 18.2 Å². The molecule has 4 heteroatoms. The van der Waals surface area contributed by atoms with Crippen molar-refractivity contribution in [2.45, 2.75) is 19.9 Å². The van der Waals surface area contributed by atoms with Gasteiger partial charge in [-0.25, -0.2) is 4.98 Å². The van der Waals surface area contributed by atoms with Crippen molar-refractivity contribution in [1.29, 1.82) is 0 Å². The molecule has 0 N–H and O–H groups in total. The average molecular weight is 228 g/mol. The van der Waals surface area contributed by atoms with E-state index in [0.29, 0.717) is 5.92 Å². The van der Waals surface area contributed by atoms with Crippen LogP contribution in [0.2, 0.25) is 0 Å². The molecule has 1 aliphatic heterocycles. The first kappa shape index (κ1) is 11.0. The fourth-order valence-corrected chi connectivity index (χ4v) is 2.38. The van der Waals surface area contributed by atoms with Gasteiger partial charge in [-0.05, 0) is 25.8 Å². The number of aromatic nitrogens is 2. The van der Waals surface area contributed by atoms with Crippen LogP contribution in [0.25, 0.3) is 0 Å². The van der Waals surface area contributed by atoms with Gasteiger partial charge in [0.1, 0.15) is 5.82 Å². The van der Waals surface area contributed by atoms with E-state index in [2.05, 4.69) is 14.5 Å². The van der Waals surface area contributed by atoms with Gasteiger partial charge in [-0.1, -0.05) is 0 Å². The molecule has 0 aromatic carbocycles. The number of imidazole rings is 1. The third kappa shape index (κ3) is 2.73. The van der Waals surface area contributed by atoms with Crippen LogP contribution in [0.3, 0.4) is 0 Å². The average Bonchev–Trinajstić information content (AvgIpc) is 2.84. The second-order valence-electron chi connectivity index (χ2n) is 4.28. The number of halogens is 1. The van der Waals surface area contributed by atoms with Crippen LogP contribution < -0.4 is 0 Å². The van der Waals surface area contributed by atoms with E-state index in [1.807, 2.05) is 19.3 Å². The summed E-state index contributed by atoms with van der Waals surface area (Å²) in [6.07, 6.45) is 5.16. The third-order valence-electron chi connectivity index (χ3n) is 3.17. The van der Waals surface area contributed by atoms with Crippen molar-refractivity contribution < 1.29 is 0 Å². The van der Waals surface area contributed by atoms with E-state index in [1.54, 1.807) is 0 Å². The molecule has 1 aliphatic rings. The lowest BCUT2D eigenvalue weighted by Crippen LogP contribution is -2.25. The second-order valence-corrected chi connectivity index (χ2v) is 4.59. The smallest absolute Gasteiger partial charge is 0.105 e. The lowest BCUT2D eigenvalue weighted by molar-refractivity contribution is 0.312. The van der Waals surface area contributed by atoms with Gasteiger partial charge in [0, 0.05) is 37.9 Å². The molecule has 84 valence electrons. The van der Waals surface area contributed by atoms with Gasteiger partial charge in [0.05, 0.1) is 0 Å². The van der Waals surface area contributed by atoms with Crippen LogP contribution in [-0.2, 0) is 6.54 Å². The summed E-state index contributed by atoms with van der Waals surface area (Å²) in [4.78, 5) is 6.71. The molecule has 1 saturated heterocycles. The molecule has 0 aliphatic carbocycles. The maximum absolute atomic E-state index is 5.86. The highest BCUT2D eigenvalue weighted by Crippen LogP contribution is 2.17. The van der Waals surface area contributed by atoms with Crippen LogP contribution in [0.15, 0.2) is 12.4 Å². The quantitative estimate of drug-likeness (QED) is 0.731. The van der Waals surface area contributed by atoms with Crippen LogP contribution in [-0.4, -0.2) is 40.0 Å². The van der Waals surface area contributed by atoms with E-state index in [4.69, 9.17) is 11.6 Å². The standard InChI is InChI=1S/C11H18ClN3/c1-10-13-3-5-15(10)7-6-14-4-2-11(8-12)9-14/h3,5,11H,2,4,6-9H2,1H3. The Hall–Kier alpha value is -0.540. The fourth-order valence-electron chi connectivity index (χ4n) is 2.13. The summed E-state index contributed by atoms with van der Waals surface area (Å²) < 4.78 is 2.20. The van der Waals surface area contributed by atoms with Crippen molar-refractivity contribution in [3.63, 3.8) is 0 Å². The van der Waals surface area contributed by atoms with E-state index in [1.165, 1.54) is 13.0 Å². The maximum Gasteiger partial charge on any atom is 0.105 e. The summed E-state index contributed by atoms with van der Waals surface area (Å²) in [6, 6.07) is 0. The first-order chi connectivity index (χ1) is 7.29. The molecule has 2 heterocycles. The first-order valence-corrected chi connectivity index (χ1v) is 6.09. The molecule has 0 radical (unpaired) electrons. The van der Waals surface area contributed by atoms with Gasteiger partial charge in [0.25, 0.3) is 0 Å². The summed E-state index contributed by atoms with van der Waals surface area (Å²) in [5, 5.41) is 0. The summed E-state index contributed by atoms with van der Waals surface area (Å²) in [5.41, 5.74) is 0. The Kier molecular flexibility index (Phi) is 3.65. The highest BCUT2D eigenvalue weighted by Gasteiger charge is 2.20. The Labute approximate surface area is 96.0 Å². The molecular formula is C11H18ClN3. The predicted octanol–water partition coefficient (Wildman–Crippen LogP) is 1.75. The Morgan fingerprint density at radius 3 is 3.00 bits per heavy atom. The number of nitrogens with zero attached hydrogens (tertiary/aromatic N) is 3. The predicted molar refractivity (Wildman–Crippen MR) is 62.2 cm³/mol. The van der Waals surface area contributed by atoms with Crippen LogP contribution in [0.4, 0.5) is 0 Å². The lowest BCUT2D eigenvalue weighted by Gasteiger charge is -2.16. The highest BCUT2D eigenvalue weighted by atomic mass is 35.5. The molecule has 15 heavy (non-hydrogen) atoms. The monoisotopic (exact) mass is 227 g/mol. The van der Waals surface area contributed by atoms with Gasteiger partial charge in [-0.3, -0.25) is 0 Å². The van der Waals surface area contributed by atoms with Gasteiger partial charge >= 0.3 is 0 Å². The minimum atomic E-state index is 0.704. The minimum Gasteiger partial charge on any atom is -0.334 e. The zero-order valence-electron chi connectivity index (χ0n) is 9.19. The van der Waals surface area contributed by atoms with Gasteiger partial charge < -0.3 is 9.47 Å².